The van der Waals surface area contributed by atoms with Crippen molar-refractivity contribution in [1.82, 2.24) is 14.9 Å². The van der Waals surface area contributed by atoms with Gasteiger partial charge in [-0.3, -0.25) is 14.6 Å². The second kappa shape index (κ2) is 12.2. The number of nitrogens with one attached hydrogen (secondary N) is 1. The summed E-state index contributed by atoms with van der Waals surface area (Å²) in [6, 6.07) is 9.07. The number of hydrogen-bond acceptors (Lipinski definition) is 7. The van der Waals surface area contributed by atoms with Gasteiger partial charge in [-0.2, -0.15) is 13.2 Å². The second-order valence-electron chi connectivity index (χ2n) is 9.08. The van der Waals surface area contributed by atoms with Crippen LogP contribution in [0, 0.1) is 5.82 Å². The lowest BCUT2D eigenvalue weighted by Gasteiger charge is -2.32. The lowest BCUT2D eigenvalue weighted by molar-refractivity contribution is -0.149. The quantitative estimate of drug-likeness (QED) is 0.343. The molecule has 0 aliphatic carbocycles. The molecule has 2 aromatic heterocycles. The molecule has 4 rings (SSSR count). The van der Waals surface area contributed by atoms with Crippen molar-refractivity contribution in [3.63, 3.8) is 0 Å². The van der Waals surface area contributed by atoms with Gasteiger partial charge in [-0.25, -0.2) is 17.8 Å². The van der Waals surface area contributed by atoms with E-state index >= 15 is 0 Å². The summed E-state index contributed by atoms with van der Waals surface area (Å²) in [4.78, 5) is 9.58. The first-order valence-corrected chi connectivity index (χ1v) is 13.9. The lowest BCUT2D eigenvalue weighted by Crippen LogP contribution is -2.42. The first-order valence-electron chi connectivity index (χ1n) is 12.3. The van der Waals surface area contributed by atoms with Crippen molar-refractivity contribution in [2.45, 2.75) is 38.7 Å². The van der Waals surface area contributed by atoms with E-state index in [1.54, 1.807) is 24.5 Å². The van der Waals surface area contributed by atoms with Crippen molar-refractivity contribution in [2.75, 3.05) is 30.1 Å². The zero-order chi connectivity index (χ0) is 28.0. The molecule has 1 saturated heterocycles. The average Bonchev–Trinajstić information content (AvgIpc) is 2.90. The molecular formula is C26H28F4N4O4S. The second-order valence-corrected chi connectivity index (χ2v) is 11.1. The minimum atomic E-state index is -4.25. The molecule has 13 heteroatoms. The summed E-state index contributed by atoms with van der Waals surface area (Å²) in [5.74, 6) is -0.428. The third kappa shape index (κ3) is 8.27. The number of benzene rings is 1. The molecule has 0 saturated carbocycles. The lowest BCUT2D eigenvalue weighted by atomic mass is 10.1. The maximum Gasteiger partial charge on any atom is 0.401 e. The number of hydrogen-bond donors (Lipinski definition) is 1. The SMILES string of the molecule is CCS(=O)(=O)Nc1cc(-c2cc(OC3CCN(CC(F)(F)F)CC3)ccc2F)cnc1OCc1cccnc1. The highest BCUT2D eigenvalue weighted by molar-refractivity contribution is 7.92. The van der Waals surface area contributed by atoms with Crippen molar-refractivity contribution in [1.29, 1.82) is 0 Å². The number of likely N-dealkylation sites (tertiary alicyclic amines) is 1. The fourth-order valence-electron chi connectivity index (χ4n) is 4.09. The summed E-state index contributed by atoms with van der Waals surface area (Å²) >= 11 is 0. The Bertz CT molecular complexity index is 1370. The van der Waals surface area contributed by atoms with Crippen molar-refractivity contribution in [3.05, 3.63) is 66.4 Å². The molecule has 1 aliphatic rings. The van der Waals surface area contributed by atoms with E-state index in [2.05, 4.69) is 14.7 Å². The van der Waals surface area contributed by atoms with Crippen LogP contribution in [-0.2, 0) is 16.6 Å². The van der Waals surface area contributed by atoms with Crippen molar-refractivity contribution in [2.24, 2.45) is 0 Å². The van der Waals surface area contributed by atoms with E-state index in [0.29, 0.717) is 18.6 Å². The summed E-state index contributed by atoms with van der Waals surface area (Å²) < 4.78 is 91.6. The number of piperidine rings is 1. The van der Waals surface area contributed by atoms with Crippen LogP contribution in [0.3, 0.4) is 0 Å². The highest BCUT2D eigenvalue weighted by Crippen LogP contribution is 2.33. The van der Waals surface area contributed by atoms with Crippen LogP contribution in [0.15, 0.2) is 55.0 Å². The molecule has 1 aliphatic heterocycles. The minimum absolute atomic E-state index is 0.0121. The van der Waals surface area contributed by atoms with E-state index < -0.39 is 28.6 Å². The molecule has 0 bridgehead atoms. The number of rotatable bonds is 10. The smallest absolute Gasteiger partial charge is 0.401 e. The molecule has 39 heavy (non-hydrogen) atoms. The van der Waals surface area contributed by atoms with Crippen LogP contribution in [0.1, 0.15) is 25.3 Å². The topological polar surface area (TPSA) is 93.7 Å². The molecule has 0 unspecified atom stereocenters. The van der Waals surface area contributed by atoms with Crippen LogP contribution in [-0.4, -0.2) is 61.0 Å². The zero-order valence-corrected chi connectivity index (χ0v) is 21.9. The number of sulfonamides is 1. The van der Waals surface area contributed by atoms with Crippen molar-refractivity contribution in [3.8, 4) is 22.8 Å². The molecule has 210 valence electrons. The number of halogens is 4. The van der Waals surface area contributed by atoms with Crippen LogP contribution < -0.4 is 14.2 Å². The Morgan fingerprint density at radius 2 is 1.90 bits per heavy atom. The average molecular weight is 569 g/mol. The Morgan fingerprint density at radius 1 is 1.13 bits per heavy atom. The summed E-state index contributed by atoms with van der Waals surface area (Å²) in [5.41, 5.74) is 1.18. The normalized spacial score (nSPS) is 15.2. The van der Waals surface area contributed by atoms with Gasteiger partial charge in [0, 0.05) is 48.4 Å². The first kappa shape index (κ1) is 28.6. The summed E-state index contributed by atoms with van der Waals surface area (Å²) in [7, 11) is -3.71. The van der Waals surface area contributed by atoms with Gasteiger partial charge in [-0.1, -0.05) is 6.07 Å². The fourth-order valence-corrected chi connectivity index (χ4v) is 4.72. The molecule has 1 aromatic carbocycles. The van der Waals surface area contributed by atoms with E-state index in [4.69, 9.17) is 9.47 Å². The Kier molecular flexibility index (Phi) is 8.90. The first-order chi connectivity index (χ1) is 18.5. The van der Waals surface area contributed by atoms with Crippen LogP contribution >= 0.6 is 0 Å². The molecule has 0 spiro atoms. The van der Waals surface area contributed by atoms with Gasteiger partial charge in [-0.15, -0.1) is 0 Å². The fraction of sp³-hybridized carbons (Fsp3) is 0.385. The minimum Gasteiger partial charge on any atom is -0.490 e. The van der Waals surface area contributed by atoms with Gasteiger partial charge in [0.25, 0.3) is 0 Å². The Morgan fingerprint density at radius 3 is 2.56 bits per heavy atom. The molecule has 3 aromatic rings. The van der Waals surface area contributed by atoms with Crippen molar-refractivity contribution >= 4 is 15.7 Å². The number of alkyl halides is 3. The predicted molar refractivity (Wildman–Crippen MR) is 137 cm³/mol. The Labute approximate surface area is 224 Å². The van der Waals surface area contributed by atoms with Gasteiger partial charge in [0.2, 0.25) is 15.9 Å². The van der Waals surface area contributed by atoms with Gasteiger partial charge in [0.05, 0.1) is 12.3 Å². The highest BCUT2D eigenvalue weighted by atomic mass is 32.2. The maximum absolute atomic E-state index is 14.9. The summed E-state index contributed by atoms with van der Waals surface area (Å²) in [5, 5.41) is 0. The molecule has 1 fully saturated rings. The number of nitrogens with zero attached hydrogens (tertiary/aromatic N) is 3. The van der Waals surface area contributed by atoms with E-state index in [1.807, 2.05) is 0 Å². The third-order valence-electron chi connectivity index (χ3n) is 6.08. The van der Waals surface area contributed by atoms with Gasteiger partial charge < -0.3 is 9.47 Å². The molecule has 0 radical (unpaired) electrons. The third-order valence-corrected chi connectivity index (χ3v) is 7.38. The van der Waals surface area contributed by atoms with Gasteiger partial charge in [0.1, 0.15) is 30.0 Å². The van der Waals surface area contributed by atoms with E-state index in [-0.39, 0.29) is 54.2 Å². The Hall–Kier alpha value is -3.45. The van der Waals surface area contributed by atoms with Crippen LogP contribution in [0.25, 0.3) is 11.1 Å². The molecule has 8 nitrogen and oxygen atoms in total. The number of ether oxygens (including phenoxy) is 2. The van der Waals surface area contributed by atoms with Crippen LogP contribution in [0.4, 0.5) is 23.2 Å². The van der Waals surface area contributed by atoms with E-state index in [1.165, 1.54) is 42.3 Å². The number of aromatic nitrogens is 2. The van der Waals surface area contributed by atoms with Crippen LogP contribution in [0.5, 0.6) is 11.6 Å². The standard InChI is InChI=1S/C26H28F4N4O4S/c1-2-39(35,36)33-24-12-19(15-32-25(24)37-16-18-4-3-9-31-14-18)22-13-21(5-6-23(22)27)38-20-7-10-34(11-8-20)17-26(28,29)30/h3-6,9,12-15,20,33H,2,7-8,10-11,16-17H2,1H3. The summed E-state index contributed by atoms with van der Waals surface area (Å²) in [6.45, 7) is 1.08. The number of anilines is 1. The Balaban J connectivity index is 1.53. The largest absolute Gasteiger partial charge is 0.490 e. The molecule has 0 amide bonds. The van der Waals surface area contributed by atoms with E-state index in [0.717, 1.165) is 5.56 Å². The highest BCUT2D eigenvalue weighted by Gasteiger charge is 2.33. The molecule has 3 heterocycles. The molecule has 0 atom stereocenters. The summed E-state index contributed by atoms with van der Waals surface area (Å²) in [6.07, 6.45) is 0.802. The van der Waals surface area contributed by atoms with Crippen LogP contribution in [0.2, 0.25) is 0 Å². The van der Waals surface area contributed by atoms with Gasteiger partial charge >= 0.3 is 6.18 Å². The van der Waals surface area contributed by atoms with Crippen molar-refractivity contribution < 1.29 is 35.5 Å². The molecular weight excluding hydrogens is 540 g/mol. The maximum atomic E-state index is 14.9. The van der Waals surface area contributed by atoms with Gasteiger partial charge in [0.15, 0.2) is 0 Å². The monoisotopic (exact) mass is 568 g/mol. The molecule has 1 N–H and O–H groups in total. The van der Waals surface area contributed by atoms with E-state index in [9.17, 15) is 26.0 Å². The zero-order valence-electron chi connectivity index (χ0n) is 21.1. The number of pyridine rings is 2. The predicted octanol–water partition coefficient (Wildman–Crippen LogP) is 5.03. The van der Waals surface area contributed by atoms with Gasteiger partial charge in [-0.05, 0) is 50.1 Å².